The Morgan fingerprint density at radius 2 is 1.71 bits per heavy atom. The van der Waals surface area contributed by atoms with Gasteiger partial charge in [0.1, 0.15) is 0 Å². The third kappa shape index (κ3) is 2.84. The molecule has 2 aromatic rings. The number of allylic oxidation sites excluding steroid dienone is 1. The number of fused-ring (bicyclic) bond motifs is 1. The highest BCUT2D eigenvalue weighted by Crippen LogP contribution is 2.52. The molecule has 1 saturated heterocycles. The number of amides is 1. The maximum Gasteiger partial charge on any atom is 0.234 e. The van der Waals surface area contributed by atoms with E-state index in [2.05, 4.69) is 0 Å². The van der Waals surface area contributed by atoms with E-state index in [0.717, 1.165) is 23.8 Å². The molecule has 0 spiro atoms. The second kappa shape index (κ2) is 7.27. The normalized spacial score (nSPS) is 29.0. The fourth-order valence-corrected chi connectivity index (χ4v) is 5.07. The van der Waals surface area contributed by atoms with Crippen molar-refractivity contribution in [1.29, 1.82) is 0 Å². The lowest BCUT2D eigenvalue weighted by Gasteiger charge is -2.52. The number of nitrogens with zero attached hydrogens (tertiary/aromatic N) is 1. The van der Waals surface area contributed by atoms with Gasteiger partial charge in [-0.1, -0.05) is 67.6 Å². The summed E-state index contributed by atoms with van der Waals surface area (Å²) in [6, 6.07) is 19.8. The largest absolute Gasteiger partial charge is 0.515 e. The summed E-state index contributed by atoms with van der Waals surface area (Å²) in [6.45, 7) is 3.09. The van der Waals surface area contributed by atoms with Crippen molar-refractivity contribution >= 4 is 11.7 Å². The van der Waals surface area contributed by atoms with Crippen LogP contribution in [0, 0.1) is 11.8 Å². The molecule has 1 amide bonds. The number of rotatable bonds is 3. The first-order chi connectivity index (χ1) is 13.6. The number of benzene rings is 2. The molecule has 1 saturated carbocycles. The number of piperidine rings is 1. The Kier molecular flexibility index (Phi) is 4.80. The summed E-state index contributed by atoms with van der Waals surface area (Å²) in [4.78, 5) is 28.5. The summed E-state index contributed by atoms with van der Waals surface area (Å²) in [7, 11) is 0. The average Bonchev–Trinajstić information content (AvgIpc) is 2.74. The van der Waals surface area contributed by atoms with Crippen molar-refractivity contribution < 1.29 is 14.7 Å². The van der Waals surface area contributed by atoms with Crippen LogP contribution in [-0.2, 0) is 21.5 Å². The van der Waals surface area contributed by atoms with Crippen molar-refractivity contribution in [1.82, 2.24) is 4.90 Å². The third-order valence-electron chi connectivity index (χ3n) is 6.48. The smallest absolute Gasteiger partial charge is 0.234 e. The zero-order valence-electron chi connectivity index (χ0n) is 16.0. The minimum Gasteiger partial charge on any atom is -0.515 e. The SMILES string of the molecule is C[C@@H]1C(=O)/C(=C\O)C[C@]2(c3ccccc3)C(=O)N(Cc3ccccc3)CC[C@@H]12. The predicted octanol–water partition coefficient (Wildman–Crippen LogP) is 4.02. The van der Waals surface area contributed by atoms with Gasteiger partial charge in [-0.25, -0.2) is 0 Å². The molecule has 2 aromatic carbocycles. The second-order valence-corrected chi connectivity index (χ2v) is 7.93. The lowest BCUT2D eigenvalue weighted by atomic mass is 9.54. The van der Waals surface area contributed by atoms with Crippen molar-refractivity contribution in [2.24, 2.45) is 11.8 Å². The first-order valence-electron chi connectivity index (χ1n) is 9.84. The molecule has 28 heavy (non-hydrogen) atoms. The first kappa shape index (κ1) is 18.5. The molecule has 0 radical (unpaired) electrons. The van der Waals surface area contributed by atoms with E-state index in [-0.39, 0.29) is 29.9 Å². The lowest BCUT2D eigenvalue weighted by Crippen LogP contribution is -2.60. The molecule has 3 atom stereocenters. The van der Waals surface area contributed by atoms with Gasteiger partial charge < -0.3 is 10.0 Å². The molecule has 2 fully saturated rings. The van der Waals surface area contributed by atoms with Gasteiger partial charge in [-0.15, -0.1) is 0 Å². The van der Waals surface area contributed by atoms with Crippen LogP contribution in [0.4, 0.5) is 0 Å². The van der Waals surface area contributed by atoms with E-state index in [0.29, 0.717) is 18.7 Å². The molecule has 144 valence electrons. The minimum atomic E-state index is -0.809. The molecular formula is C24H25NO3. The molecule has 4 heteroatoms. The monoisotopic (exact) mass is 375 g/mol. The number of hydrogen-bond acceptors (Lipinski definition) is 3. The first-order valence-corrected chi connectivity index (χ1v) is 9.84. The van der Waals surface area contributed by atoms with Gasteiger partial charge in [0, 0.05) is 24.6 Å². The topological polar surface area (TPSA) is 57.6 Å². The number of ketones is 1. The summed E-state index contributed by atoms with van der Waals surface area (Å²) < 4.78 is 0. The van der Waals surface area contributed by atoms with Gasteiger partial charge in [-0.2, -0.15) is 0 Å². The zero-order valence-corrected chi connectivity index (χ0v) is 16.0. The number of likely N-dealkylation sites (tertiary alicyclic amines) is 1. The Balaban J connectivity index is 1.79. The van der Waals surface area contributed by atoms with E-state index < -0.39 is 5.41 Å². The van der Waals surface area contributed by atoms with Crippen LogP contribution < -0.4 is 0 Å². The molecule has 1 aliphatic carbocycles. The Morgan fingerprint density at radius 3 is 2.36 bits per heavy atom. The molecule has 1 N–H and O–H groups in total. The zero-order chi connectivity index (χ0) is 19.7. The van der Waals surface area contributed by atoms with Gasteiger partial charge >= 0.3 is 0 Å². The Labute approximate surface area is 165 Å². The van der Waals surface area contributed by atoms with Crippen molar-refractivity contribution in [3.05, 3.63) is 83.6 Å². The standard InChI is InChI=1S/C24H25NO3/c1-17-21-12-13-25(15-18-8-4-2-5-9-18)23(28)24(21,14-19(16-26)22(17)27)20-10-6-3-7-11-20/h2-11,16-17,21,26H,12-15H2,1H3/b19-16-/t17-,21-,24+/m0/s1. The van der Waals surface area contributed by atoms with Gasteiger partial charge in [0.25, 0.3) is 0 Å². The van der Waals surface area contributed by atoms with Gasteiger partial charge in [0.05, 0.1) is 11.7 Å². The number of carbonyl (C=O) groups excluding carboxylic acids is 2. The van der Waals surface area contributed by atoms with Crippen molar-refractivity contribution in [3.63, 3.8) is 0 Å². The van der Waals surface area contributed by atoms with Crippen LogP contribution >= 0.6 is 0 Å². The van der Waals surface area contributed by atoms with Crippen molar-refractivity contribution in [3.8, 4) is 0 Å². The average molecular weight is 375 g/mol. The van der Waals surface area contributed by atoms with Crippen LogP contribution in [0.5, 0.6) is 0 Å². The third-order valence-corrected chi connectivity index (χ3v) is 6.48. The summed E-state index contributed by atoms with van der Waals surface area (Å²) in [5.41, 5.74) is 1.57. The Hall–Kier alpha value is -2.88. The predicted molar refractivity (Wildman–Crippen MR) is 108 cm³/mol. The second-order valence-electron chi connectivity index (χ2n) is 7.93. The molecule has 4 rings (SSSR count). The summed E-state index contributed by atoms with van der Waals surface area (Å²) in [5, 5.41) is 9.71. The number of carbonyl (C=O) groups is 2. The molecule has 0 bridgehead atoms. The van der Waals surface area contributed by atoms with Crippen LogP contribution in [0.2, 0.25) is 0 Å². The molecule has 1 aliphatic heterocycles. The molecule has 2 aliphatic rings. The fraction of sp³-hybridized carbons (Fsp3) is 0.333. The number of hydrogen-bond donors (Lipinski definition) is 1. The number of aliphatic hydroxyl groups is 1. The van der Waals surface area contributed by atoms with Crippen LogP contribution in [-0.4, -0.2) is 28.2 Å². The van der Waals surface area contributed by atoms with Crippen LogP contribution in [0.15, 0.2) is 72.5 Å². The Morgan fingerprint density at radius 1 is 1.07 bits per heavy atom. The van der Waals surface area contributed by atoms with Crippen molar-refractivity contribution in [2.75, 3.05) is 6.54 Å². The van der Waals surface area contributed by atoms with E-state index in [1.807, 2.05) is 72.5 Å². The summed E-state index contributed by atoms with van der Waals surface area (Å²) in [5.74, 6) is -0.346. The van der Waals surface area contributed by atoms with Gasteiger partial charge in [0.2, 0.25) is 5.91 Å². The number of aliphatic hydroxyl groups excluding tert-OH is 1. The molecule has 1 heterocycles. The van der Waals surface area contributed by atoms with E-state index in [1.54, 1.807) is 0 Å². The molecular weight excluding hydrogens is 350 g/mol. The van der Waals surface area contributed by atoms with E-state index >= 15 is 0 Å². The fourth-order valence-electron chi connectivity index (χ4n) is 5.07. The van der Waals surface area contributed by atoms with Gasteiger partial charge in [-0.05, 0) is 29.9 Å². The minimum absolute atomic E-state index is 0.0386. The highest BCUT2D eigenvalue weighted by atomic mass is 16.2. The summed E-state index contributed by atoms with van der Waals surface area (Å²) >= 11 is 0. The van der Waals surface area contributed by atoms with E-state index in [4.69, 9.17) is 0 Å². The van der Waals surface area contributed by atoms with E-state index in [1.165, 1.54) is 0 Å². The molecule has 0 unspecified atom stereocenters. The van der Waals surface area contributed by atoms with Crippen LogP contribution in [0.1, 0.15) is 30.9 Å². The maximum absolute atomic E-state index is 13.9. The van der Waals surface area contributed by atoms with E-state index in [9.17, 15) is 14.7 Å². The van der Waals surface area contributed by atoms with Crippen LogP contribution in [0.25, 0.3) is 0 Å². The van der Waals surface area contributed by atoms with Gasteiger partial charge in [-0.3, -0.25) is 9.59 Å². The summed E-state index contributed by atoms with van der Waals surface area (Å²) in [6.07, 6.45) is 1.94. The quantitative estimate of drug-likeness (QED) is 0.651. The highest BCUT2D eigenvalue weighted by molar-refractivity contribution is 6.02. The lowest BCUT2D eigenvalue weighted by molar-refractivity contribution is -0.150. The van der Waals surface area contributed by atoms with Crippen LogP contribution in [0.3, 0.4) is 0 Å². The van der Waals surface area contributed by atoms with Crippen molar-refractivity contribution in [2.45, 2.75) is 31.7 Å². The Bertz CT molecular complexity index is 906. The maximum atomic E-state index is 13.9. The van der Waals surface area contributed by atoms with Gasteiger partial charge in [0.15, 0.2) is 5.78 Å². The molecule has 0 aromatic heterocycles. The number of Topliss-reactive ketones (excluding diaryl/α,β-unsaturated/α-hetero) is 1. The molecule has 4 nitrogen and oxygen atoms in total. The highest BCUT2D eigenvalue weighted by Gasteiger charge is 2.58.